The van der Waals surface area contributed by atoms with Crippen molar-refractivity contribution in [3.63, 3.8) is 0 Å². The summed E-state index contributed by atoms with van der Waals surface area (Å²) in [4.78, 5) is 36.3. The Bertz CT molecular complexity index is 844. The summed E-state index contributed by atoms with van der Waals surface area (Å²) >= 11 is 0. The van der Waals surface area contributed by atoms with Gasteiger partial charge in [-0.05, 0) is 51.0 Å². The first-order valence-corrected chi connectivity index (χ1v) is 8.90. The van der Waals surface area contributed by atoms with E-state index in [4.69, 9.17) is 0 Å². The van der Waals surface area contributed by atoms with Crippen LogP contribution in [0.2, 0.25) is 0 Å². The van der Waals surface area contributed by atoms with Crippen molar-refractivity contribution >= 4 is 29.1 Å². The summed E-state index contributed by atoms with van der Waals surface area (Å²) in [5, 5.41) is 12.0. The molecule has 1 aromatic carbocycles. The van der Waals surface area contributed by atoms with Crippen LogP contribution in [0.5, 0.6) is 0 Å². The number of nitrogens with zero attached hydrogens (tertiary/aromatic N) is 2. The molecule has 1 unspecified atom stereocenters. The van der Waals surface area contributed by atoms with E-state index in [2.05, 4.69) is 21.0 Å². The number of hydrogen-bond acceptors (Lipinski definition) is 4. The van der Waals surface area contributed by atoms with Crippen LogP contribution in [0.3, 0.4) is 0 Å². The Balaban J connectivity index is 2.00. The Morgan fingerprint density at radius 1 is 1.15 bits per heavy atom. The van der Waals surface area contributed by atoms with Gasteiger partial charge in [0.15, 0.2) is 0 Å². The van der Waals surface area contributed by atoms with E-state index >= 15 is 0 Å². The van der Waals surface area contributed by atoms with Gasteiger partial charge >= 0.3 is 11.8 Å². The second-order valence-electron chi connectivity index (χ2n) is 6.31. The molecule has 0 aliphatic carbocycles. The van der Waals surface area contributed by atoms with Crippen molar-refractivity contribution in [2.45, 2.75) is 46.7 Å². The zero-order chi connectivity index (χ0) is 20.0. The maximum Gasteiger partial charge on any atom is 0.314 e. The fourth-order valence-corrected chi connectivity index (χ4v) is 2.32. The van der Waals surface area contributed by atoms with Gasteiger partial charge in [-0.1, -0.05) is 6.92 Å². The van der Waals surface area contributed by atoms with E-state index in [1.807, 2.05) is 20.8 Å². The third-order valence-electron chi connectivity index (χ3n) is 4.15. The molecule has 1 aromatic heterocycles. The Kier molecular flexibility index (Phi) is 6.70. The SMILES string of the molecule is CCC(C)NC(=O)c1ccc(NC(=O)C(=O)Nc2cnn(CC)c2)c(C)c1. The summed E-state index contributed by atoms with van der Waals surface area (Å²) in [5.74, 6) is -1.75. The summed E-state index contributed by atoms with van der Waals surface area (Å²) in [6.45, 7) is 8.27. The first-order valence-electron chi connectivity index (χ1n) is 8.90. The van der Waals surface area contributed by atoms with Crippen LogP contribution in [0.1, 0.15) is 43.1 Å². The molecule has 0 aliphatic heterocycles. The van der Waals surface area contributed by atoms with Crippen LogP contribution in [0.25, 0.3) is 0 Å². The highest BCUT2D eigenvalue weighted by atomic mass is 16.2. The lowest BCUT2D eigenvalue weighted by molar-refractivity contribution is -0.133. The molecule has 0 bridgehead atoms. The molecular weight excluding hydrogens is 346 g/mol. The lowest BCUT2D eigenvalue weighted by Gasteiger charge is -2.13. The summed E-state index contributed by atoms with van der Waals surface area (Å²) in [5.41, 5.74) is 2.11. The topological polar surface area (TPSA) is 105 Å². The van der Waals surface area contributed by atoms with Crippen LogP contribution in [-0.4, -0.2) is 33.5 Å². The largest absolute Gasteiger partial charge is 0.350 e. The zero-order valence-electron chi connectivity index (χ0n) is 16.0. The van der Waals surface area contributed by atoms with Crippen LogP contribution in [0.15, 0.2) is 30.6 Å². The van der Waals surface area contributed by atoms with Crippen LogP contribution >= 0.6 is 0 Å². The van der Waals surface area contributed by atoms with Gasteiger partial charge in [-0.2, -0.15) is 5.10 Å². The standard InChI is InChI=1S/C19H25N5O3/c1-5-13(4)21-17(25)14-7-8-16(12(3)9-14)23-19(27)18(26)22-15-10-20-24(6-2)11-15/h7-11,13H,5-6H2,1-4H3,(H,21,25)(H,22,26)(H,23,27). The normalized spacial score (nSPS) is 11.6. The van der Waals surface area contributed by atoms with Crippen molar-refractivity contribution in [2.75, 3.05) is 10.6 Å². The highest BCUT2D eigenvalue weighted by Crippen LogP contribution is 2.17. The molecule has 0 saturated carbocycles. The molecule has 0 fully saturated rings. The number of benzene rings is 1. The number of anilines is 2. The molecular formula is C19H25N5O3. The van der Waals surface area contributed by atoms with Gasteiger partial charge in [0.05, 0.1) is 11.9 Å². The monoisotopic (exact) mass is 371 g/mol. The molecule has 2 aromatic rings. The third kappa shape index (κ3) is 5.40. The quantitative estimate of drug-likeness (QED) is 0.678. The Morgan fingerprint density at radius 3 is 2.44 bits per heavy atom. The predicted octanol–water partition coefficient (Wildman–Crippen LogP) is 2.32. The van der Waals surface area contributed by atoms with Crippen molar-refractivity contribution in [2.24, 2.45) is 0 Å². The maximum absolute atomic E-state index is 12.2. The molecule has 2 rings (SSSR count). The molecule has 1 atom stereocenters. The van der Waals surface area contributed by atoms with Crippen LogP contribution in [0, 0.1) is 6.92 Å². The van der Waals surface area contributed by atoms with Crippen molar-refractivity contribution in [3.05, 3.63) is 41.7 Å². The number of rotatable bonds is 6. The fourth-order valence-electron chi connectivity index (χ4n) is 2.32. The minimum absolute atomic E-state index is 0.0814. The van der Waals surface area contributed by atoms with Gasteiger partial charge in [0.2, 0.25) is 0 Å². The van der Waals surface area contributed by atoms with Crippen LogP contribution in [-0.2, 0) is 16.1 Å². The molecule has 0 saturated heterocycles. The van der Waals surface area contributed by atoms with Gasteiger partial charge < -0.3 is 16.0 Å². The molecule has 144 valence electrons. The third-order valence-corrected chi connectivity index (χ3v) is 4.15. The van der Waals surface area contributed by atoms with Crippen LogP contribution in [0.4, 0.5) is 11.4 Å². The number of amides is 3. The molecule has 8 nitrogen and oxygen atoms in total. The van der Waals surface area contributed by atoms with Gasteiger partial charge in [0, 0.05) is 30.0 Å². The van der Waals surface area contributed by atoms with E-state index in [0.717, 1.165) is 6.42 Å². The minimum atomic E-state index is -0.792. The summed E-state index contributed by atoms with van der Waals surface area (Å²) in [6.07, 6.45) is 3.96. The predicted molar refractivity (Wildman–Crippen MR) is 104 cm³/mol. The molecule has 0 aliphatic rings. The van der Waals surface area contributed by atoms with Crippen LogP contribution < -0.4 is 16.0 Å². The fraction of sp³-hybridized carbons (Fsp3) is 0.368. The van der Waals surface area contributed by atoms with Gasteiger partial charge in [0.25, 0.3) is 5.91 Å². The molecule has 0 radical (unpaired) electrons. The van der Waals surface area contributed by atoms with Crippen molar-refractivity contribution in [1.82, 2.24) is 15.1 Å². The highest BCUT2D eigenvalue weighted by molar-refractivity contribution is 6.43. The smallest absolute Gasteiger partial charge is 0.314 e. The van der Waals surface area contributed by atoms with E-state index in [-0.39, 0.29) is 11.9 Å². The molecule has 27 heavy (non-hydrogen) atoms. The number of aryl methyl sites for hydroxylation is 2. The number of carbonyl (C=O) groups excluding carboxylic acids is 3. The zero-order valence-corrected chi connectivity index (χ0v) is 16.0. The van der Waals surface area contributed by atoms with Gasteiger partial charge in [-0.3, -0.25) is 19.1 Å². The minimum Gasteiger partial charge on any atom is -0.350 e. The first kappa shape index (κ1) is 20.2. The van der Waals surface area contributed by atoms with Gasteiger partial charge in [-0.15, -0.1) is 0 Å². The summed E-state index contributed by atoms with van der Waals surface area (Å²) in [6, 6.07) is 4.99. The van der Waals surface area contributed by atoms with Gasteiger partial charge in [0.1, 0.15) is 0 Å². The van der Waals surface area contributed by atoms with E-state index in [1.165, 1.54) is 6.20 Å². The Labute approximate surface area is 158 Å². The maximum atomic E-state index is 12.2. The van der Waals surface area contributed by atoms with Crippen molar-refractivity contribution in [3.8, 4) is 0 Å². The number of hydrogen-bond donors (Lipinski definition) is 3. The Hall–Kier alpha value is -3.16. The molecule has 3 amide bonds. The lowest BCUT2D eigenvalue weighted by atomic mass is 10.1. The van der Waals surface area contributed by atoms with Crippen molar-refractivity contribution < 1.29 is 14.4 Å². The van der Waals surface area contributed by atoms with Crippen molar-refractivity contribution in [1.29, 1.82) is 0 Å². The molecule has 3 N–H and O–H groups in total. The molecule has 0 spiro atoms. The lowest BCUT2D eigenvalue weighted by Crippen LogP contribution is -2.32. The van der Waals surface area contributed by atoms with E-state index < -0.39 is 11.8 Å². The van der Waals surface area contributed by atoms with E-state index in [0.29, 0.717) is 29.0 Å². The summed E-state index contributed by atoms with van der Waals surface area (Å²) in [7, 11) is 0. The average molecular weight is 371 g/mol. The second kappa shape index (κ2) is 8.98. The van der Waals surface area contributed by atoms with E-state index in [9.17, 15) is 14.4 Å². The highest BCUT2D eigenvalue weighted by Gasteiger charge is 2.17. The molecule has 1 heterocycles. The first-order chi connectivity index (χ1) is 12.8. The number of nitrogens with one attached hydrogen (secondary N) is 3. The van der Waals surface area contributed by atoms with Gasteiger partial charge in [-0.25, -0.2) is 0 Å². The van der Waals surface area contributed by atoms with E-state index in [1.54, 1.807) is 36.0 Å². The number of carbonyl (C=O) groups is 3. The summed E-state index contributed by atoms with van der Waals surface area (Å²) < 4.78 is 1.64. The average Bonchev–Trinajstić information content (AvgIpc) is 3.10. The Morgan fingerprint density at radius 2 is 1.85 bits per heavy atom. The number of aromatic nitrogens is 2. The molecule has 8 heteroatoms. The second-order valence-corrected chi connectivity index (χ2v) is 6.31.